The number of rotatable bonds is 4. The van der Waals surface area contributed by atoms with Crippen molar-refractivity contribution >= 4 is 0 Å². The Kier molecular flexibility index (Phi) is 3.57. The molecular weight excluding hydrogens is 265 g/mol. The SMILES string of the molecule is CCC(C)n1ccc(CC2(N)CCc3cc(F)ccc32)n1. The second-order valence-electron chi connectivity index (χ2n) is 6.18. The molecule has 4 heteroatoms. The standard InChI is InChI=1S/C17H22FN3/c1-3-12(2)21-9-7-15(20-21)11-17(19)8-6-13-10-14(18)4-5-16(13)17/h4-5,7,9-10,12H,3,6,8,11,19H2,1-2H3. The van der Waals surface area contributed by atoms with Gasteiger partial charge in [-0.1, -0.05) is 13.0 Å². The molecule has 0 bridgehead atoms. The molecule has 0 saturated heterocycles. The summed E-state index contributed by atoms with van der Waals surface area (Å²) in [5, 5.41) is 4.64. The van der Waals surface area contributed by atoms with E-state index in [4.69, 9.17) is 5.73 Å². The fourth-order valence-corrected chi connectivity index (χ4v) is 3.16. The monoisotopic (exact) mass is 287 g/mol. The summed E-state index contributed by atoms with van der Waals surface area (Å²) in [7, 11) is 0. The number of nitrogens with two attached hydrogens (primary N) is 1. The Morgan fingerprint density at radius 2 is 2.24 bits per heavy atom. The number of hydrogen-bond donors (Lipinski definition) is 1. The smallest absolute Gasteiger partial charge is 0.123 e. The number of aryl methyl sites for hydroxylation is 1. The van der Waals surface area contributed by atoms with Gasteiger partial charge in [-0.15, -0.1) is 0 Å². The van der Waals surface area contributed by atoms with Crippen LogP contribution in [0.4, 0.5) is 4.39 Å². The predicted molar refractivity (Wildman–Crippen MR) is 81.5 cm³/mol. The van der Waals surface area contributed by atoms with Gasteiger partial charge in [0.05, 0.1) is 5.69 Å². The van der Waals surface area contributed by atoms with Crippen LogP contribution in [0.25, 0.3) is 0 Å². The molecule has 2 aromatic rings. The van der Waals surface area contributed by atoms with Gasteiger partial charge in [-0.25, -0.2) is 4.39 Å². The van der Waals surface area contributed by atoms with Crippen LogP contribution in [-0.2, 0) is 18.4 Å². The molecular formula is C17H22FN3. The van der Waals surface area contributed by atoms with E-state index in [0.29, 0.717) is 12.5 Å². The fourth-order valence-electron chi connectivity index (χ4n) is 3.16. The highest BCUT2D eigenvalue weighted by Crippen LogP contribution is 2.37. The van der Waals surface area contributed by atoms with Gasteiger partial charge in [0.2, 0.25) is 0 Å². The van der Waals surface area contributed by atoms with Gasteiger partial charge >= 0.3 is 0 Å². The Labute approximate surface area is 125 Å². The molecule has 21 heavy (non-hydrogen) atoms. The largest absolute Gasteiger partial charge is 0.321 e. The maximum absolute atomic E-state index is 13.3. The molecule has 0 saturated carbocycles. The number of nitrogens with zero attached hydrogens (tertiary/aromatic N) is 2. The molecule has 0 amide bonds. The minimum Gasteiger partial charge on any atom is -0.321 e. The van der Waals surface area contributed by atoms with Crippen molar-refractivity contribution in [3.63, 3.8) is 0 Å². The van der Waals surface area contributed by atoms with Crippen molar-refractivity contribution in [2.75, 3.05) is 0 Å². The average molecular weight is 287 g/mol. The summed E-state index contributed by atoms with van der Waals surface area (Å²) in [6.07, 6.45) is 5.47. The van der Waals surface area contributed by atoms with E-state index in [1.165, 1.54) is 6.07 Å². The highest BCUT2D eigenvalue weighted by molar-refractivity contribution is 5.39. The summed E-state index contributed by atoms with van der Waals surface area (Å²) < 4.78 is 15.3. The van der Waals surface area contributed by atoms with Crippen molar-refractivity contribution in [3.8, 4) is 0 Å². The zero-order valence-electron chi connectivity index (χ0n) is 12.6. The van der Waals surface area contributed by atoms with Crippen LogP contribution < -0.4 is 5.73 Å². The van der Waals surface area contributed by atoms with Crippen LogP contribution in [-0.4, -0.2) is 9.78 Å². The quantitative estimate of drug-likeness (QED) is 0.937. The molecule has 1 aromatic carbocycles. The third kappa shape index (κ3) is 2.60. The molecule has 3 rings (SSSR count). The van der Waals surface area contributed by atoms with E-state index in [1.54, 1.807) is 6.07 Å². The van der Waals surface area contributed by atoms with Gasteiger partial charge in [0.15, 0.2) is 0 Å². The van der Waals surface area contributed by atoms with Crippen LogP contribution in [0.5, 0.6) is 0 Å². The van der Waals surface area contributed by atoms with Gasteiger partial charge < -0.3 is 5.73 Å². The number of benzene rings is 1. The van der Waals surface area contributed by atoms with Crippen LogP contribution >= 0.6 is 0 Å². The molecule has 2 N–H and O–H groups in total. The minimum absolute atomic E-state index is 0.181. The van der Waals surface area contributed by atoms with Gasteiger partial charge in [-0.05, 0) is 55.5 Å². The van der Waals surface area contributed by atoms with Crippen LogP contribution in [0, 0.1) is 5.82 Å². The van der Waals surface area contributed by atoms with Gasteiger partial charge in [0.1, 0.15) is 5.82 Å². The molecule has 1 aromatic heterocycles. The normalized spacial score (nSPS) is 22.3. The average Bonchev–Trinajstić information content (AvgIpc) is 3.04. The summed E-state index contributed by atoms with van der Waals surface area (Å²) in [5.41, 5.74) is 9.30. The molecule has 0 aliphatic heterocycles. The van der Waals surface area contributed by atoms with Crippen molar-refractivity contribution < 1.29 is 4.39 Å². The lowest BCUT2D eigenvalue weighted by atomic mass is 9.88. The number of fused-ring (bicyclic) bond motifs is 1. The highest BCUT2D eigenvalue weighted by Gasteiger charge is 2.35. The molecule has 112 valence electrons. The van der Waals surface area contributed by atoms with Crippen LogP contribution in [0.1, 0.15) is 49.6 Å². The van der Waals surface area contributed by atoms with Gasteiger partial charge in [0.25, 0.3) is 0 Å². The molecule has 1 aliphatic rings. The van der Waals surface area contributed by atoms with Gasteiger partial charge in [-0.3, -0.25) is 4.68 Å². The first-order valence-electron chi connectivity index (χ1n) is 7.63. The first kappa shape index (κ1) is 14.3. The lowest BCUT2D eigenvalue weighted by Crippen LogP contribution is -2.36. The third-order valence-electron chi connectivity index (χ3n) is 4.65. The summed E-state index contributed by atoms with van der Waals surface area (Å²) >= 11 is 0. The zero-order valence-corrected chi connectivity index (χ0v) is 12.6. The molecule has 1 heterocycles. The Bertz CT molecular complexity index is 649. The Morgan fingerprint density at radius 1 is 1.43 bits per heavy atom. The summed E-state index contributed by atoms with van der Waals surface area (Å²) in [6, 6.07) is 7.40. The molecule has 0 fully saturated rings. The highest BCUT2D eigenvalue weighted by atomic mass is 19.1. The van der Waals surface area contributed by atoms with Gasteiger partial charge in [-0.2, -0.15) is 5.10 Å². The van der Waals surface area contributed by atoms with Crippen LogP contribution in [0.15, 0.2) is 30.5 Å². The Hall–Kier alpha value is -1.68. The van der Waals surface area contributed by atoms with E-state index in [1.807, 2.05) is 23.0 Å². The van der Waals surface area contributed by atoms with Crippen molar-refractivity contribution in [2.45, 2.75) is 51.1 Å². The topological polar surface area (TPSA) is 43.8 Å². The maximum Gasteiger partial charge on any atom is 0.123 e. The summed E-state index contributed by atoms with van der Waals surface area (Å²) in [5.74, 6) is -0.181. The minimum atomic E-state index is -0.419. The molecule has 3 nitrogen and oxygen atoms in total. The maximum atomic E-state index is 13.3. The van der Waals surface area contributed by atoms with Crippen LogP contribution in [0.2, 0.25) is 0 Å². The zero-order chi connectivity index (χ0) is 15.0. The second-order valence-corrected chi connectivity index (χ2v) is 6.18. The van der Waals surface area contributed by atoms with E-state index in [-0.39, 0.29) is 5.82 Å². The van der Waals surface area contributed by atoms with E-state index >= 15 is 0 Å². The molecule has 2 unspecified atom stereocenters. The predicted octanol–water partition coefficient (Wildman–Crippen LogP) is 3.34. The van der Waals surface area contributed by atoms with Crippen molar-refractivity contribution in [1.29, 1.82) is 0 Å². The first-order valence-corrected chi connectivity index (χ1v) is 7.63. The second kappa shape index (κ2) is 5.26. The van der Waals surface area contributed by atoms with Crippen molar-refractivity contribution in [1.82, 2.24) is 9.78 Å². The summed E-state index contributed by atoms with van der Waals surface area (Å²) in [6.45, 7) is 4.31. The lowest BCUT2D eigenvalue weighted by Gasteiger charge is -2.24. The van der Waals surface area contributed by atoms with Crippen molar-refractivity contribution in [3.05, 3.63) is 53.1 Å². The first-order chi connectivity index (χ1) is 10.0. The van der Waals surface area contributed by atoms with E-state index < -0.39 is 5.54 Å². The molecule has 0 radical (unpaired) electrons. The van der Waals surface area contributed by atoms with Crippen molar-refractivity contribution in [2.24, 2.45) is 5.73 Å². The Morgan fingerprint density at radius 3 is 3.00 bits per heavy atom. The molecule has 2 atom stereocenters. The summed E-state index contributed by atoms with van der Waals surface area (Å²) in [4.78, 5) is 0. The fraction of sp³-hybridized carbons (Fsp3) is 0.471. The number of halogens is 1. The number of hydrogen-bond acceptors (Lipinski definition) is 2. The Balaban J connectivity index is 1.84. The molecule has 0 spiro atoms. The number of aromatic nitrogens is 2. The van der Waals surface area contributed by atoms with E-state index in [0.717, 1.165) is 36.1 Å². The van der Waals surface area contributed by atoms with E-state index in [9.17, 15) is 4.39 Å². The third-order valence-corrected chi connectivity index (χ3v) is 4.65. The van der Waals surface area contributed by atoms with Gasteiger partial charge in [0, 0.05) is 24.2 Å². The van der Waals surface area contributed by atoms with Crippen LogP contribution in [0.3, 0.4) is 0 Å². The van der Waals surface area contributed by atoms with E-state index in [2.05, 4.69) is 18.9 Å². The molecule has 1 aliphatic carbocycles. The lowest BCUT2D eigenvalue weighted by molar-refractivity contribution is 0.422.